The van der Waals surface area contributed by atoms with E-state index in [1.54, 1.807) is 5.32 Å². The van der Waals surface area contributed by atoms with Crippen LogP contribution in [0.15, 0.2) is 18.3 Å². The first-order chi connectivity index (χ1) is 8.60. The van der Waals surface area contributed by atoms with Crippen LogP contribution in [0.1, 0.15) is 11.3 Å². The van der Waals surface area contributed by atoms with Gasteiger partial charge in [-0.15, -0.1) is 0 Å². The molecule has 19 heavy (non-hydrogen) atoms. The average Bonchev–Trinajstić information content (AvgIpc) is 2.27. The number of alkyl halides is 6. The number of amides is 1. The zero-order valence-corrected chi connectivity index (χ0v) is 9.27. The smallest absolute Gasteiger partial charge is 0.348 e. The molecule has 1 amide bonds. The van der Waals surface area contributed by atoms with Gasteiger partial charge < -0.3 is 5.32 Å². The van der Waals surface area contributed by atoms with Crippen LogP contribution in [0.2, 0.25) is 0 Å². The highest BCUT2D eigenvalue weighted by atomic mass is 19.4. The molecule has 0 aliphatic heterocycles. The molecule has 0 aliphatic rings. The fourth-order valence-electron chi connectivity index (χ4n) is 1.16. The highest BCUT2D eigenvalue weighted by Crippen LogP contribution is 2.27. The molecule has 0 fully saturated rings. The summed E-state index contributed by atoms with van der Waals surface area (Å²) in [5, 5.41) is 1.60. The Morgan fingerprint density at radius 3 is 2.21 bits per heavy atom. The molecule has 106 valence electrons. The van der Waals surface area contributed by atoms with Gasteiger partial charge in [-0.05, 0) is 18.1 Å². The lowest BCUT2D eigenvalue weighted by molar-refractivity contribution is -0.173. The van der Waals surface area contributed by atoms with Crippen LogP contribution >= 0.6 is 0 Å². The van der Waals surface area contributed by atoms with Crippen LogP contribution in [-0.4, -0.2) is 23.6 Å². The zero-order valence-electron chi connectivity index (χ0n) is 9.27. The normalized spacial score (nSPS) is 12.3. The Morgan fingerprint density at radius 2 is 1.79 bits per heavy atom. The van der Waals surface area contributed by atoms with Crippen LogP contribution in [-0.2, 0) is 17.4 Å². The van der Waals surface area contributed by atoms with E-state index in [2.05, 4.69) is 4.98 Å². The van der Waals surface area contributed by atoms with Crippen LogP contribution in [0.3, 0.4) is 0 Å². The van der Waals surface area contributed by atoms with Crippen LogP contribution in [0.4, 0.5) is 26.3 Å². The monoisotopic (exact) mass is 286 g/mol. The molecule has 0 bridgehead atoms. The summed E-state index contributed by atoms with van der Waals surface area (Å²) in [5.74, 6) is -2.09. The molecular formula is C10H8F6N2O. The van der Waals surface area contributed by atoms with Crippen molar-refractivity contribution in [3.05, 3.63) is 29.6 Å². The van der Waals surface area contributed by atoms with E-state index in [-0.39, 0.29) is 18.5 Å². The molecule has 1 rings (SSSR count). The van der Waals surface area contributed by atoms with Crippen molar-refractivity contribution in [2.45, 2.75) is 18.8 Å². The number of pyridine rings is 1. The van der Waals surface area contributed by atoms with E-state index in [0.29, 0.717) is 0 Å². The van der Waals surface area contributed by atoms with Gasteiger partial charge in [-0.2, -0.15) is 26.3 Å². The van der Waals surface area contributed by atoms with E-state index >= 15 is 0 Å². The Labute approximate surface area is 103 Å². The summed E-state index contributed by atoms with van der Waals surface area (Å²) in [6.45, 7) is -0.342. The summed E-state index contributed by atoms with van der Waals surface area (Å²) in [6.07, 6.45) is -8.68. The number of aromatic nitrogens is 1. The third-order valence-electron chi connectivity index (χ3n) is 2.07. The second-order valence-corrected chi connectivity index (χ2v) is 3.55. The molecule has 1 N–H and O–H groups in total. The maximum absolute atomic E-state index is 12.2. The maximum Gasteiger partial charge on any atom is 0.471 e. The van der Waals surface area contributed by atoms with Crippen molar-refractivity contribution in [3.8, 4) is 0 Å². The minimum Gasteiger partial charge on any atom is -0.348 e. The van der Waals surface area contributed by atoms with Gasteiger partial charge in [0.15, 0.2) is 0 Å². The van der Waals surface area contributed by atoms with Crippen LogP contribution in [0.25, 0.3) is 0 Å². The largest absolute Gasteiger partial charge is 0.471 e. The Hall–Kier alpha value is -1.80. The van der Waals surface area contributed by atoms with Gasteiger partial charge in [0.25, 0.3) is 0 Å². The minimum absolute atomic E-state index is 0.0487. The van der Waals surface area contributed by atoms with Crippen molar-refractivity contribution >= 4 is 5.91 Å². The highest BCUT2D eigenvalue weighted by Gasteiger charge is 2.38. The summed E-state index contributed by atoms with van der Waals surface area (Å²) in [6, 6.07) is 1.82. The van der Waals surface area contributed by atoms with Crippen LogP contribution < -0.4 is 5.32 Å². The van der Waals surface area contributed by atoms with E-state index in [4.69, 9.17) is 0 Å². The molecule has 0 aliphatic carbocycles. The van der Waals surface area contributed by atoms with Crippen molar-refractivity contribution in [1.29, 1.82) is 0 Å². The first kappa shape index (κ1) is 15.3. The molecule has 0 atom stereocenters. The van der Waals surface area contributed by atoms with Crippen molar-refractivity contribution in [2.75, 3.05) is 6.54 Å². The van der Waals surface area contributed by atoms with Gasteiger partial charge in [-0.3, -0.25) is 9.78 Å². The number of hydrogen-bond acceptors (Lipinski definition) is 2. The summed E-state index contributed by atoms with van der Waals surface area (Å²) in [4.78, 5) is 13.6. The summed E-state index contributed by atoms with van der Waals surface area (Å²) < 4.78 is 71.9. The predicted octanol–water partition coefficient (Wildman–Crippen LogP) is 2.32. The molecule has 0 radical (unpaired) electrons. The minimum atomic E-state index is -4.97. The molecule has 3 nitrogen and oxygen atoms in total. The van der Waals surface area contributed by atoms with Crippen molar-refractivity contribution < 1.29 is 31.1 Å². The predicted molar refractivity (Wildman–Crippen MR) is 52.0 cm³/mol. The lowest BCUT2D eigenvalue weighted by Gasteiger charge is -2.08. The molecular weight excluding hydrogens is 278 g/mol. The van der Waals surface area contributed by atoms with Crippen LogP contribution in [0.5, 0.6) is 0 Å². The fraction of sp³-hybridized carbons (Fsp3) is 0.400. The fourth-order valence-corrected chi connectivity index (χ4v) is 1.16. The first-order valence-electron chi connectivity index (χ1n) is 4.98. The van der Waals surface area contributed by atoms with Gasteiger partial charge in [0.1, 0.15) is 5.69 Å². The topological polar surface area (TPSA) is 42.0 Å². The first-order valence-corrected chi connectivity index (χ1v) is 4.98. The summed E-state index contributed by atoms with van der Waals surface area (Å²) in [5.41, 5.74) is -0.800. The summed E-state index contributed by atoms with van der Waals surface area (Å²) in [7, 11) is 0. The van der Waals surface area contributed by atoms with Gasteiger partial charge in [0.05, 0.1) is 0 Å². The van der Waals surface area contributed by atoms with E-state index in [1.807, 2.05) is 0 Å². The SMILES string of the molecule is O=C(NCCc1ccc(C(F)(F)F)nc1)C(F)(F)F. The molecule has 1 aromatic heterocycles. The standard InChI is InChI=1S/C10H8F6N2O/c11-9(12,13)7-2-1-6(5-18-7)3-4-17-8(19)10(14,15)16/h1-2,5H,3-4H2,(H,17,19). The van der Waals surface area contributed by atoms with Crippen molar-refractivity contribution in [2.24, 2.45) is 0 Å². The third-order valence-corrected chi connectivity index (χ3v) is 2.07. The number of carbonyl (C=O) groups excluding carboxylic acids is 1. The second-order valence-electron chi connectivity index (χ2n) is 3.55. The van der Waals surface area contributed by atoms with Gasteiger partial charge in [0.2, 0.25) is 0 Å². The van der Waals surface area contributed by atoms with Gasteiger partial charge in [0, 0.05) is 12.7 Å². The number of nitrogens with one attached hydrogen (secondary N) is 1. The molecule has 0 saturated heterocycles. The van der Waals surface area contributed by atoms with Crippen molar-refractivity contribution in [1.82, 2.24) is 10.3 Å². The Kier molecular flexibility index (Phi) is 4.38. The van der Waals surface area contributed by atoms with E-state index in [1.165, 1.54) is 0 Å². The van der Waals surface area contributed by atoms with Crippen LogP contribution in [0, 0.1) is 0 Å². The van der Waals surface area contributed by atoms with E-state index in [0.717, 1.165) is 18.3 Å². The molecule has 0 saturated carbocycles. The van der Waals surface area contributed by atoms with E-state index < -0.39 is 24.0 Å². The van der Waals surface area contributed by atoms with Gasteiger partial charge in [-0.1, -0.05) is 6.07 Å². The Balaban J connectivity index is 2.50. The summed E-state index contributed by atoms with van der Waals surface area (Å²) >= 11 is 0. The third kappa shape index (κ3) is 4.76. The quantitative estimate of drug-likeness (QED) is 0.866. The molecule has 1 aromatic rings. The number of hydrogen-bond donors (Lipinski definition) is 1. The van der Waals surface area contributed by atoms with Gasteiger partial charge in [-0.25, -0.2) is 0 Å². The lowest BCUT2D eigenvalue weighted by atomic mass is 10.2. The lowest BCUT2D eigenvalue weighted by Crippen LogP contribution is -2.37. The number of halogens is 6. The van der Waals surface area contributed by atoms with Gasteiger partial charge >= 0.3 is 18.3 Å². The van der Waals surface area contributed by atoms with Crippen molar-refractivity contribution in [3.63, 3.8) is 0 Å². The zero-order chi connectivity index (χ0) is 14.7. The number of rotatable bonds is 3. The number of nitrogens with zero attached hydrogens (tertiary/aromatic N) is 1. The molecule has 0 aromatic carbocycles. The Morgan fingerprint density at radius 1 is 1.16 bits per heavy atom. The highest BCUT2D eigenvalue weighted by molar-refractivity contribution is 5.81. The molecule has 0 unspecified atom stereocenters. The second kappa shape index (κ2) is 5.45. The molecule has 0 spiro atoms. The Bertz CT molecular complexity index is 437. The number of carbonyl (C=O) groups is 1. The average molecular weight is 286 g/mol. The molecule has 1 heterocycles. The molecule has 9 heteroatoms. The van der Waals surface area contributed by atoms with E-state index in [9.17, 15) is 31.1 Å². The maximum atomic E-state index is 12.2.